The molecule has 1 fully saturated rings. The summed E-state index contributed by atoms with van der Waals surface area (Å²) in [6, 6.07) is 10.4. The molecule has 1 unspecified atom stereocenters. The summed E-state index contributed by atoms with van der Waals surface area (Å²) in [7, 11) is 0. The number of carbonyl (C=O) groups is 1. The van der Waals surface area contributed by atoms with Crippen molar-refractivity contribution in [2.24, 2.45) is 0 Å². The van der Waals surface area contributed by atoms with E-state index in [-0.39, 0.29) is 23.5 Å². The van der Waals surface area contributed by atoms with Crippen molar-refractivity contribution in [3.63, 3.8) is 0 Å². The van der Waals surface area contributed by atoms with Crippen molar-refractivity contribution in [1.82, 2.24) is 29.4 Å². The minimum Gasteiger partial charge on any atom is -0.382 e. The normalized spacial score (nSPS) is 15.8. The fourth-order valence-corrected chi connectivity index (χ4v) is 4.05. The van der Waals surface area contributed by atoms with E-state index in [1.807, 2.05) is 13.0 Å². The van der Waals surface area contributed by atoms with Gasteiger partial charge in [0.25, 0.3) is 5.91 Å². The molecule has 10 nitrogen and oxygen atoms in total. The van der Waals surface area contributed by atoms with E-state index in [0.29, 0.717) is 34.8 Å². The number of carbonyl (C=O) groups excluding carboxylic acids is 1. The van der Waals surface area contributed by atoms with E-state index in [1.165, 1.54) is 10.9 Å². The number of fused-ring (bicyclic) bond motifs is 1. The number of benzene rings is 1. The van der Waals surface area contributed by atoms with Crippen LogP contribution in [-0.2, 0) is 0 Å². The van der Waals surface area contributed by atoms with Crippen molar-refractivity contribution in [1.29, 1.82) is 0 Å². The van der Waals surface area contributed by atoms with E-state index in [4.69, 9.17) is 5.73 Å². The number of nitrogens with two attached hydrogens (primary N) is 1. The molecule has 0 spiro atoms. The molecular formula is C22H22N8O2. The molecule has 3 aromatic heterocycles. The summed E-state index contributed by atoms with van der Waals surface area (Å²) in [5, 5.41) is 6.06. The monoisotopic (exact) mass is 430 g/mol. The SMILES string of the molecule is Cc1ccnc(NC(=O)c2ccc(-n3c(=O)n(C4CCNC4)c4ncnc(N)c43)cc2)c1. The van der Waals surface area contributed by atoms with Crippen molar-refractivity contribution in [2.45, 2.75) is 19.4 Å². The summed E-state index contributed by atoms with van der Waals surface area (Å²) in [4.78, 5) is 38.6. The van der Waals surface area contributed by atoms with Gasteiger partial charge in [0.1, 0.15) is 17.7 Å². The molecule has 0 radical (unpaired) electrons. The van der Waals surface area contributed by atoms with Crippen LogP contribution in [0.2, 0.25) is 0 Å². The number of hydrogen-bond acceptors (Lipinski definition) is 7. The molecule has 1 saturated heterocycles. The molecule has 5 rings (SSSR count). The number of rotatable bonds is 4. The first-order valence-electron chi connectivity index (χ1n) is 10.3. The molecule has 0 bridgehead atoms. The first kappa shape index (κ1) is 19.9. The standard InChI is InChI=1S/C22H22N8O2/c1-13-6-9-25-17(10-13)28-21(31)14-2-4-15(5-3-14)29-18-19(23)26-12-27-20(18)30(22(29)32)16-7-8-24-11-16/h2-6,9-10,12,16,24H,7-8,11H2,1H3,(H2,23,26,27)(H,25,28,31). The summed E-state index contributed by atoms with van der Waals surface area (Å²) < 4.78 is 3.18. The zero-order chi connectivity index (χ0) is 22.2. The maximum atomic E-state index is 13.4. The highest BCUT2D eigenvalue weighted by Crippen LogP contribution is 2.25. The summed E-state index contributed by atoms with van der Waals surface area (Å²) >= 11 is 0. The van der Waals surface area contributed by atoms with Crippen LogP contribution in [0.5, 0.6) is 0 Å². The van der Waals surface area contributed by atoms with Gasteiger partial charge in [-0.25, -0.2) is 19.7 Å². The lowest BCUT2D eigenvalue weighted by atomic mass is 10.2. The van der Waals surface area contributed by atoms with Gasteiger partial charge in [-0.3, -0.25) is 13.9 Å². The number of nitrogen functional groups attached to an aromatic ring is 1. The molecule has 0 saturated carbocycles. The van der Waals surface area contributed by atoms with Crippen LogP contribution in [0.4, 0.5) is 11.6 Å². The average Bonchev–Trinajstić information content (AvgIpc) is 3.40. The van der Waals surface area contributed by atoms with Crippen LogP contribution in [0.25, 0.3) is 16.9 Å². The predicted octanol–water partition coefficient (Wildman–Crippen LogP) is 1.65. The van der Waals surface area contributed by atoms with Crippen LogP contribution >= 0.6 is 0 Å². The fraction of sp³-hybridized carbons (Fsp3) is 0.227. The van der Waals surface area contributed by atoms with Crippen molar-refractivity contribution in [3.05, 3.63) is 70.5 Å². The van der Waals surface area contributed by atoms with Crippen molar-refractivity contribution in [3.8, 4) is 5.69 Å². The Balaban J connectivity index is 1.53. The highest BCUT2D eigenvalue weighted by molar-refractivity contribution is 6.03. The lowest BCUT2D eigenvalue weighted by molar-refractivity contribution is 0.102. The Bertz CT molecular complexity index is 1370. The molecule has 1 aliphatic rings. The summed E-state index contributed by atoms with van der Waals surface area (Å²) in [6.45, 7) is 3.45. The third-order valence-corrected chi connectivity index (χ3v) is 5.62. The molecule has 1 aromatic carbocycles. The first-order chi connectivity index (χ1) is 15.5. The Kier molecular flexibility index (Phi) is 4.91. The highest BCUT2D eigenvalue weighted by atomic mass is 16.2. The molecule has 1 aliphatic heterocycles. The second-order valence-corrected chi connectivity index (χ2v) is 7.79. The topological polar surface area (TPSA) is 133 Å². The average molecular weight is 430 g/mol. The van der Waals surface area contributed by atoms with Gasteiger partial charge in [-0.05, 0) is 61.9 Å². The van der Waals surface area contributed by atoms with Crippen LogP contribution < -0.4 is 22.1 Å². The molecule has 162 valence electrons. The van der Waals surface area contributed by atoms with E-state index in [9.17, 15) is 9.59 Å². The van der Waals surface area contributed by atoms with Crippen LogP contribution in [0.1, 0.15) is 28.4 Å². The second-order valence-electron chi connectivity index (χ2n) is 7.79. The molecular weight excluding hydrogens is 408 g/mol. The van der Waals surface area contributed by atoms with Gasteiger partial charge in [0.2, 0.25) is 0 Å². The lowest BCUT2D eigenvalue weighted by Crippen LogP contribution is -2.28. The third-order valence-electron chi connectivity index (χ3n) is 5.62. The number of amides is 1. The molecule has 4 N–H and O–H groups in total. The number of nitrogens with one attached hydrogen (secondary N) is 2. The van der Waals surface area contributed by atoms with Gasteiger partial charge in [-0.1, -0.05) is 0 Å². The van der Waals surface area contributed by atoms with E-state index in [2.05, 4.69) is 25.6 Å². The number of nitrogens with zero attached hydrogens (tertiary/aromatic N) is 5. The first-order valence-corrected chi connectivity index (χ1v) is 10.3. The Morgan fingerprint density at radius 3 is 2.72 bits per heavy atom. The summed E-state index contributed by atoms with van der Waals surface area (Å²) in [5.74, 6) is 0.418. The number of aromatic nitrogens is 5. The summed E-state index contributed by atoms with van der Waals surface area (Å²) in [5.41, 5.74) is 8.89. The van der Waals surface area contributed by atoms with Crippen LogP contribution in [0.3, 0.4) is 0 Å². The molecule has 4 heterocycles. The molecule has 0 aliphatic carbocycles. The smallest absolute Gasteiger partial charge is 0.335 e. The van der Waals surface area contributed by atoms with Crippen LogP contribution in [-0.4, -0.2) is 43.1 Å². The number of anilines is 2. The number of aryl methyl sites for hydroxylation is 1. The van der Waals surface area contributed by atoms with Gasteiger partial charge < -0.3 is 16.4 Å². The van der Waals surface area contributed by atoms with Crippen molar-refractivity contribution < 1.29 is 4.79 Å². The molecule has 1 atom stereocenters. The minimum absolute atomic E-state index is 0.00701. The Morgan fingerprint density at radius 1 is 1.19 bits per heavy atom. The third kappa shape index (κ3) is 3.40. The largest absolute Gasteiger partial charge is 0.382 e. The van der Waals surface area contributed by atoms with Gasteiger partial charge in [0.05, 0.1) is 11.7 Å². The predicted molar refractivity (Wildman–Crippen MR) is 121 cm³/mol. The Hall–Kier alpha value is -4.05. The van der Waals surface area contributed by atoms with E-state index >= 15 is 0 Å². The van der Waals surface area contributed by atoms with Crippen molar-refractivity contribution in [2.75, 3.05) is 24.1 Å². The highest BCUT2D eigenvalue weighted by Gasteiger charge is 2.26. The molecule has 32 heavy (non-hydrogen) atoms. The van der Waals surface area contributed by atoms with Crippen LogP contribution in [0, 0.1) is 6.92 Å². The Morgan fingerprint density at radius 2 is 2.00 bits per heavy atom. The number of imidazole rings is 1. The maximum absolute atomic E-state index is 13.4. The van der Waals surface area contributed by atoms with E-state index < -0.39 is 0 Å². The number of pyridine rings is 1. The van der Waals surface area contributed by atoms with Gasteiger partial charge in [-0.2, -0.15) is 0 Å². The quantitative estimate of drug-likeness (QED) is 0.448. The summed E-state index contributed by atoms with van der Waals surface area (Å²) in [6.07, 6.45) is 3.84. The maximum Gasteiger partial charge on any atom is 0.335 e. The van der Waals surface area contributed by atoms with E-state index in [0.717, 1.165) is 18.5 Å². The zero-order valence-corrected chi connectivity index (χ0v) is 17.4. The molecule has 4 aromatic rings. The second kappa shape index (κ2) is 7.89. The molecule has 10 heteroatoms. The van der Waals surface area contributed by atoms with Gasteiger partial charge in [0, 0.05) is 18.3 Å². The lowest BCUT2D eigenvalue weighted by Gasteiger charge is -2.09. The Labute approximate surface area is 183 Å². The minimum atomic E-state index is -0.288. The fourth-order valence-electron chi connectivity index (χ4n) is 4.05. The van der Waals surface area contributed by atoms with Crippen molar-refractivity contribution >= 4 is 28.7 Å². The van der Waals surface area contributed by atoms with Gasteiger partial charge in [0.15, 0.2) is 11.5 Å². The number of hydrogen-bond donors (Lipinski definition) is 3. The van der Waals surface area contributed by atoms with Gasteiger partial charge in [-0.15, -0.1) is 0 Å². The zero-order valence-electron chi connectivity index (χ0n) is 17.4. The van der Waals surface area contributed by atoms with Gasteiger partial charge >= 0.3 is 5.69 Å². The van der Waals surface area contributed by atoms with Crippen LogP contribution in [0.15, 0.2) is 53.7 Å². The van der Waals surface area contributed by atoms with E-state index in [1.54, 1.807) is 41.1 Å². The molecule has 1 amide bonds.